The summed E-state index contributed by atoms with van der Waals surface area (Å²) in [5.74, 6) is 0.476. The maximum atomic E-state index is 12.5. The van der Waals surface area contributed by atoms with Gasteiger partial charge in [-0.25, -0.2) is 4.98 Å². The fourth-order valence-corrected chi connectivity index (χ4v) is 2.84. The first-order valence-electron chi connectivity index (χ1n) is 7.53. The van der Waals surface area contributed by atoms with E-state index in [1.165, 1.54) is 5.56 Å². The number of carbonyl (C=O) groups is 1. The van der Waals surface area contributed by atoms with Crippen LogP contribution in [0.2, 0.25) is 0 Å². The van der Waals surface area contributed by atoms with Gasteiger partial charge in [0.05, 0.1) is 17.9 Å². The summed E-state index contributed by atoms with van der Waals surface area (Å²) >= 11 is 0. The Morgan fingerprint density at radius 3 is 2.82 bits per heavy atom. The third kappa shape index (κ3) is 3.43. The summed E-state index contributed by atoms with van der Waals surface area (Å²) in [7, 11) is 0. The number of carbonyl (C=O) groups excluding carboxylic acids is 1. The van der Waals surface area contributed by atoms with E-state index in [1.54, 1.807) is 18.3 Å². The standard InChI is InChI=1S/C17H20N4O/c18-16-9-8-14(11-19-16)20-17(22)15-7-4-10-21(15)12-13-5-2-1-3-6-13/h1-3,5-6,8-9,11,15H,4,7,10,12H2,(H2,18,19)(H,20,22). The minimum absolute atomic E-state index is 0.0278. The van der Waals surface area contributed by atoms with E-state index in [-0.39, 0.29) is 11.9 Å². The molecule has 1 atom stereocenters. The topological polar surface area (TPSA) is 71.2 Å². The van der Waals surface area contributed by atoms with Crippen molar-refractivity contribution in [3.63, 3.8) is 0 Å². The lowest BCUT2D eigenvalue weighted by Gasteiger charge is -2.23. The van der Waals surface area contributed by atoms with Gasteiger partial charge >= 0.3 is 0 Å². The number of pyridine rings is 1. The van der Waals surface area contributed by atoms with Crippen LogP contribution < -0.4 is 11.1 Å². The number of nitrogens with two attached hydrogens (primary N) is 1. The van der Waals surface area contributed by atoms with Crippen molar-refractivity contribution in [1.82, 2.24) is 9.88 Å². The number of aromatic nitrogens is 1. The molecule has 0 saturated carbocycles. The Kier molecular flexibility index (Phi) is 4.34. The number of nitrogens with zero attached hydrogens (tertiary/aromatic N) is 2. The maximum Gasteiger partial charge on any atom is 0.241 e. The van der Waals surface area contributed by atoms with Crippen molar-refractivity contribution in [2.75, 3.05) is 17.6 Å². The summed E-state index contributed by atoms with van der Waals surface area (Å²) < 4.78 is 0. The molecule has 1 aliphatic rings. The van der Waals surface area contributed by atoms with Gasteiger partial charge in [-0.05, 0) is 37.1 Å². The molecule has 5 heteroatoms. The van der Waals surface area contributed by atoms with Crippen molar-refractivity contribution in [3.8, 4) is 0 Å². The number of anilines is 2. The zero-order valence-corrected chi connectivity index (χ0v) is 12.4. The SMILES string of the molecule is Nc1ccc(NC(=O)C2CCCN2Cc2ccccc2)cn1. The van der Waals surface area contributed by atoms with Crippen molar-refractivity contribution >= 4 is 17.4 Å². The van der Waals surface area contributed by atoms with Gasteiger partial charge in [0, 0.05) is 6.54 Å². The number of nitrogen functional groups attached to an aromatic ring is 1. The number of hydrogen-bond acceptors (Lipinski definition) is 4. The molecule has 22 heavy (non-hydrogen) atoms. The Morgan fingerprint density at radius 1 is 1.27 bits per heavy atom. The Hall–Kier alpha value is -2.40. The average Bonchev–Trinajstić information content (AvgIpc) is 2.99. The molecule has 2 aromatic rings. The Balaban J connectivity index is 1.64. The lowest BCUT2D eigenvalue weighted by Crippen LogP contribution is -2.39. The van der Waals surface area contributed by atoms with Crippen LogP contribution >= 0.6 is 0 Å². The highest BCUT2D eigenvalue weighted by Gasteiger charge is 2.30. The summed E-state index contributed by atoms with van der Waals surface area (Å²) in [4.78, 5) is 18.7. The van der Waals surface area contributed by atoms with Crippen LogP contribution in [0.25, 0.3) is 0 Å². The number of likely N-dealkylation sites (tertiary alicyclic amines) is 1. The van der Waals surface area contributed by atoms with E-state index in [4.69, 9.17) is 5.73 Å². The Morgan fingerprint density at radius 2 is 2.09 bits per heavy atom. The molecule has 2 heterocycles. The summed E-state index contributed by atoms with van der Waals surface area (Å²) in [6, 6.07) is 13.6. The van der Waals surface area contributed by atoms with Crippen molar-refractivity contribution in [2.24, 2.45) is 0 Å². The molecule has 1 unspecified atom stereocenters. The van der Waals surface area contributed by atoms with E-state index in [9.17, 15) is 4.79 Å². The minimum Gasteiger partial charge on any atom is -0.384 e. The van der Waals surface area contributed by atoms with Crippen LogP contribution in [0.1, 0.15) is 18.4 Å². The minimum atomic E-state index is -0.0854. The van der Waals surface area contributed by atoms with Gasteiger partial charge in [-0.3, -0.25) is 9.69 Å². The van der Waals surface area contributed by atoms with E-state index in [0.29, 0.717) is 11.5 Å². The van der Waals surface area contributed by atoms with Gasteiger partial charge in [-0.1, -0.05) is 30.3 Å². The fourth-order valence-electron chi connectivity index (χ4n) is 2.84. The first-order chi connectivity index (χ1) is 10.7. The molecule has 114 valence electrons. The Labute approximate surface area is 130 Å². The van der Waals surface area contributed by atoms with Crippen molar-refractivity contribution < 1.29 is 4.79 Å². The van der Waals surface area contributed by atoms with Crippen LogP contribution in [0.15, 0.2) is 48.7 Å². The highest BCUT2D eigenvalue weighted by atomic mass is 16.2. The third-order valence-electron chi connectivity index (χ3n) is 3.95. The summed E-state index contributed by atoms with van der Waals surface area (Å²) in [5.41, 5.74) is 7.47. The molecule has 1 aliphatic heterocycles. The molecule has 0 bridgehead atoms. The van der Waals surface area contributed by atoms with Crippen LogP contribution in [0.5, 0.6) is 0 Å². The highest BCUT2D eigenvalue weighted by molar-refractivity contribution is 5.94. The van der Waals surface area contributed by atoms with E-state index in [1.807, 2.05) is 18.2 Å². The van der Waals surface area contributed by atoms with Crippen LogP contribution in [0.3, 0.4) is 0 Å². The second kappa shape index (κ2) is 6.58. The monoisotopic (exact) mass is 296 g/mol. The van der Waals surface area contributed by atoms with Gasteiger partial charge < -0.3 is 11.1 Å². The van der Waals surface area contributed by atoms with Gasteiger partial charge in [0.1, 0.15) is 5.82 Å². The molecule has 0 aliphatic carbocycles. The first-order valence-corrected chi connectivity index (χ1v) is 7.53. The molecular formula is C17H20N4O. The first kappa shape index (κ1) is 14.5. The van der Waals surface area contributed by atoms with E-state index >= 15 is 0 Å². The molecule has 3 rings (SSSR count). The van der Waals surface area contributed by atoms with Crippen LogP contribution in [0.4, 0.5) is 11.5 Å². The molecule has 0 spiro atoms. The molecule has 1 fully saturated rings. The van der Waals surface area contributed by atoms with Crippen molar-refractivity contribution in [1.29, 1.82) is 0 Å². The number of hydrogen-bond donors (Lipinski definition) is 2. The van der Waals surface area contributed by atoms with Gasteiger partial charge in [-0.15, -0.1) is 0 Å². The van der Waals surface area contributed by atoms with Gasteiger partial charge in [0.15, 0.2) is 0 Å². The molecule has 5 nitrogen and oxygen atoms in total. The smallest absolute Gasteiger partial charge is 0.241 e. The average molecular weight is 296 g/mol. The quantitative estimate of drug-likeness (QED) is 0.908. The summed E-state index contributed by atoms with van der Waals surface area (Å²) in [6.07, 6.45) is 3.52. The normalized spacial score (nSPS) is 18.3. The summed E-state index contributed by atoms with van der Waals surface area (Å²) in [6.45, 7) is 1.76. The number of rotatable bonds is 4. The second-order valence-electron chi connectivity index (χ2n) is 5.58. The largest absolute Gasteiger partial charge is 0.384 e. The lowest BCUT2D eigenvalue weighted by molar-refractivity contribution is -0.120. The number of nitrogens with one attached hydrogen (secondary N) is 1. The molecule has 1 saturated heterocycles. The molecule has 3 N–H and O–H groups in total. The van der Waals surface area contributed by atoms with Crippen LogP contribution in [0, 0.1) is 0 Å². The molecular weight excluding hydrogens is 276 g/mol. The predicted octanol–water partition coefficient (Wildman–Crippen LogP) is 2.27. The van der Waals surface area contributed by atoms with Gasteiger partial charge in [0.25, 0.3) is 0 Å². The molecule has 1 aromatic carbocycles. The predicted molar refractivity (Wildman–Crippen MR) is 87.2 cm³/mol. The van der Waals surface area contributed by atoms with Crippen LogP contribution in [-0.2, 0) is 11.3 Å². The second-order valence-corrected chi connectivity index (χ2v) is 5.58. The van der Waals surface area contributed by atoms with E-state index in [0.717, 1.165) is 25.9 Å². The van der Waals surface area contributed by atoms with Gasteiger partial charge in [-0.2, -0.15) is 0 Å². The lowest BCUT2D eigenvalue weighted by atomic mass is 10.1. The number of amides is 1. The fraction of sp³-hybridized carbons (Fsp3) is 0.294. The van der Waals surface area contributed by atoms with Crippen LogP contribution in [-0.4, -0.2) is 28.4 Å². The molecule has 1 aromatic heterocycles. The highest BCUT2D eigenvalue weighted by Crippen LogP contribution is 2.21. The number of benzene rings is 1. The van der Waals surface area contributed by atoms with E-state index in [2.05, 4.69) is 27.3 Å². The maximum absolute atomic E-state index is 12.5. The zero-order chi connectivity index (χ0) is 15.4. The Bertz CT molecular complexity index is 627. The third-order valence-corrected chi connectivity index (χ3v) is 3.95. The summed E-state index contributed by atoms with van der Waals surface area (Å²) in [5, 5.41) is 2.93. The van der Waals surface area contributed by atoms with Crippen molar-refractivity contribution in [3.05, 3.63) is 54.2 Å². The molecule has 1 amide bonds. The van der Waals surface area contributed by atoms with Gasteiger partial charge in [0.2, 0.25) is 5.91 Å². The van der Waals surface area contributed by atoms with E-state index < -0.39 is 0 Å². The van der Waals surface area contributed by atoms with Crippen molar-refractivity contribution in [2.45, 2.75) is 25.4 Å². The zero-order valence-electron chi connectivity index (χ0n) is 12.4. The molecule has 0 radical (unpaired) electrons.